The molecule has 186 valence electrons. The zero-order chi connectivity index (χ0) is 25.8. The van der Waals surface area contributed by atoms with Crippen LogP contribution in [0.4, 0.5) is 0 Å². The highest BCUT2D eigenvalue weighted by molar-refractivity contribution is 5.97. The van der Waals surface area contributed by atoms with Crippen molar-refractivity contribution in [1.82, 2.24) is 14.0 Å². The third kappa shape index (κ3) is 4.84. The molecular weight excluding hydrogens is 456 g/mol. The molecule has 0 saturated carbocycles. The molecule has 0 radical (unpaired) electrons. The van der Waals surface area contributed by atoms with E-state index in [1.165, 1.54) is 10.5 Å². The van der Waals surface area contributed by atoms with E-state index in [-0.39, 0.29) is 28.6 Å². The lowest BCUT2D eigenvalue weighted by atomic mass is 10.1. The standard InChI is InChI=1S/C28H30N4O4/c1-5-7-9-15-32-24-21(27(34)31-14-10-8-11-23(31)29-24)17-22(28(35)36-6-2)25(32)30-26(33)20-13-12-18(3)19(4)16-20/h8,10-14,16-17H,5-7,9,15H2,1-4H3. The molecule has 4 rings (SSSR count). The Morgan fingerprint density at radius 1 is 1.03 bits per heavy atom. The Morgan fingerprint density at radius 3 is 2.56 bits per heavy atom. The summed E-state index contributed by atoms with van der Waals surface area (Å²) >= 11 is 0. The van der Waals surface area contributed by atoms with Gasteiger partial charge in [-0.15, -0.1) is 0 Å². The van der Waals surface area contributed by atoms with Gasteiger partial charge in [0.15, 0.2) is 5.49 Å². The minimum atomic E-state index is -0.646. The van der Waals surface area contributed by atoms with Gasteiger partial charge in [-0.2, -0.15) is 4.99 Å². The summed E-state index contributed by atoms with van der Waals surface area (Å²) in [6, 6.07) is 12.1. The molecule has 8 nitrogen and oxygen atoms in total. The van der Waals surface area contributed by atoms with Crippen LogP contribution in [0.15, 0.2) is 58.4 Å². The normalized spacial score (nSPS) is 11.8. The van der Waals surface area contributed by atoms with Crippen molar-refractivity contribution in [3.63, 3.8) is 0 Å². The number of aromatic nitrogens is 3. The number of benzene rings is 1. The molecule has 0 fully saturated rings. The zero-order valence-electron chi connectivity index (χ0n) is 21.1. The third-order valence-corrected chi connectivity index (χ3v) is 6.23. The molecule has 8 heteroatoms. The minimum Gasteiger partial charge on any atom is -0.462 e. The van der Waals surface area contributed by atoms with Crippen LogP contribution in [0.3, 0.4) is 0 Å². The number of fused-ring (bicyclic) bond motifs is 2. The van der Waals surface area contributed by atoms with Gasteiger partial charge in [-0.05, 0) is 68.7 Å². The van der Waals surface area contributed by atoms with E-state index < -0.39 is 11.9 Å². The van der Waals surface area contributed by atoms with E-state index in [1.807, 2.05) is 19.9 Å². The van der Waals surface area contributed by atoms with Crippen LogP contribution in [0.25, 0.3) is 16.7 Å². The smallest absolute Gasteiger partial charge is 0.341 e. The molecule has 4 aromatic rings. The number of pyridine rings is 2. The van der Waals surface area contributed by atoms with Gasteiger partial charge in [0.25, 0.3) is 11.5 Å². The summed E-state index contributed by atoms with van der Waals surface area (Å²) < 4.78 is 8.44. The summed E-state index contributed by atoms with van der Waals surface area (Å²) in [6.07, 6.45) is 4.30. The van der Waals surface area contributed by atoms with Crippen LogP contribution >= 0.6 is 0 Å². The van der Waals surface area contributed by atoms with Gasteiger partial charge in [0.2, 0.25) is 0 Å². The second-order valence-corrected chi connectivity index (χ2v) is 8.76. The Balaban J connectivity index is 2.08. The number of amides is 1. The highest BCUT2D eigenvalue weighted by Crippen LogP contribution is 2.14. The Kier molecular flexibility index (Phi) is 7.43. The molecule has 0 spiro atoms. The fourth-order valence-corrected chi connectivity index (χ4v) is 4.12. The monoisotopic (exact) mass is 486 g/mol. The SMILES string of the molecule is CCCCCn1c(=NC(=O)c2ccc(C)c(C)c2)c(C(=O)OCC)cc2c(=O)n3ccccc3nc21. The highest BCUT2D eigenvalue weighted by atomic mass is 16.5. The summed E-state index contributed by atoms with van der Waals surface area (Å²) in [6.45, 7) is 8.27. The summed E-state index contributed by atoms with van der Waals surface area (Å²) in [5.74, 6) is -1.13. The molecule has 0 unspecified atom stereocenters. The highest BCUT2D eigenvalue weighted by Gasteiger charge is 2.20. The topological polar surface area (TPSA) is 95.0 Å². The average molecular weight is 487 g/mol. The molecule has 0 aliphatic rings. The van der Waals surface area contributed by atoms with Gasteiger partial charge < -0.3 is 9.30 Å². The first kappa shape index (κ1) is 25.0. The first-order chi connectivity index (χ1) is 17.3. The fraction of sp³-hybridized carbons (Fsp3) is 0.321. The van der Waals surface area contributed by atoms with Crippen LogP contribution in [-0.2, 0) is 11.3 Å². The summed E-state index contributed by atoms with van der Waals surface area (Å²) in [4.78, 5) is 48.9. The number of hydrogen-bond acceptors (Lipinski definition) is 5. The van der Waals surface area contributed by atoms with Crippen LogP contribution in [0.5, 0.6) is 0 Å². The maximum absolute atomic E-state index is 13.4. The quantitative estimate of drug-likeness (QED) is 0.220. The van der Waals surface area contributed by atoms with E-state index in [4.69, 9.17) is 9.72 Å². The van der Waals surface area contributed by atoms with Crippen molar-refractivity contribution in [3.05, 3.63) is 86.8 Å². The molecule has 0 atom stereocenters. The Hall–Kier alpha value is -4.07. The van der Waals surface area contributed by atoms with E-state index in [0.29, 0.717) is 23.4 Å². The number of carbonyl (C=O) groups excluding carboxylic acids is 2. The second-order valence-electron chi connectivity index (χ2n) is 8.76. The van der Waals surface area contributed by atoms with Gasteiger partial charge >= 0.3 is 5.97 Å². The van der Waals surface area contributed by atoms with Crippen molar-refractivity contribution in [2.75, 3.05) is 6.61 Å². The number of aryl methyl sites for hydroxylation is 3. The number of esters is 1. The third-order valence-electron chi connectivity index (χ3n) is 6.23. The zero-order valence-corrected chi connectivity index (χ0v) is 21.1. The van der Waals surface area contributed by atoms with Crippen LogP contribution in [-0.4, -0.2) is 32.4 Å². The van der Waals surface area contributed by atoms with Gasteiger partial charge in [0.1, 0.15) is 16.9 Å². The summed E-state index contributed by atoms with van der Waals surface area (Å²) in [5.41, 5.74) is 3.20. The van der Waals surface area contributed by atoms with E-state index >= 15 is 0 Å². The molecule has 0 N–H and O–H groups in total. The van der Waals surface area contributed by atoms with Gasteiger partial charge in [0.05, 0.1) is 12.0 Å². The van der Waals surface area contributed by atoms with Gasteiger partial charge in [-0.1, -0.05) is 31.9 Å². The predicted molar refractivity (Wildman–Crippen MR) is 138 cm³/mol. The molecule has 3 heterocycles. The number of nitrogens with zero attached hydrogens (tertiary/aromatic N) is 4. The van der Waals surface area contributed by atoms with E-state index in [2.05, 4.69) is 11.9 Å². The first-order valence-electron chi connectivity index (χ1n) is 12.2. The summed E-state index contributed by atoms with van der Waals surface area (Å²) in [5, 5.41) is 0.260. The number of hydrogen-bond donors (Lipinski definition) is 0. The van der Waals surface area contributed by atoms with E-state index in [1.54, 1.807) is 48.0 Å². The number of ether oxygens (including phenoxy) is 1. The molecule has 36 heavy (non-hydrogen) atoms. The maximum atomic E-state index is 13.4. The largest absolute Gasteiger partial charge is 0.462 e. The van der Waals surface area contributed by atoms with Crippen molar-refractivity contribution in [2.45, 2.75) is 53.5 Å². The van der Waals surface area contributed by atoms with Crippen molar-refractivity contribution >= 4 is 28.6 Å². The molecule has 1 aromatic carbocycles. The van der Waals surface area contributed by atoms with E-state index in [9.17, 15) is 14.4 Å². The van der Waals surface area contributed by atoms with Gasteiger partial charge in [0, 0.05) is 18.3 Å². The Morgan fingerprint density at radius 2 is 1.83 bits per heavy atom. The lowest BCUT2D eigenvalue weighted by Crippen LogP contribution is -2.33. The van der Waals surface area contributed by atoms with Gasteiger partial charge in [-0.3, -0.25) is 14.0 Å². The Labute approximate surface area is 208 Å². The molecule has 1 amide bonds. The van der Waals surface area contributed by atoms with Crippen LogP contribution < -0.4 is 11.0 Å². The number of carbonyl (C=O) groups is 2. The van der Waals surface area contributed by atoms with Gasteiger partial charge in [-0.25, -0.2) is 9.78 Å². The molecule has 0 saturated heterocycles. The minimum absolute atomic E-state index is 0.0628. The van der Waals surface area contributed by atoms with Crippen LogP contribution in [0, 0.1) is 13.8 Å². The van der Waals surface area contributed by atoms with Crippen molar-refractivity contribution in [2.24, 2.45) is 4.99 Å². The lowest BCUT2D eigenvalue weighted by Gasteiger charge is -2.15. The van der Waals surface area contributed by atoms with Crippen molar-refractivity contribution in [3.8, 4) is 0 Å². The van der Waals surface area contributed by atoms with Crippen molar-refractivity contribution in [1.29, 1.82) is 0 Å². The molecular formula is C28H30N4O4. The summed E-state index contributed by atoms with van der Waals surface area (Å²) in [7, 11) is 0. The van der Waals surface area contributed by atoms with E-state index in [0.717, 1.165) is 30.4 Å². The maximum Gasteiger partial charge on any atom is 0.341 e. The fourth-order valence-electron chi connectivity index (χ4n) is 4.12. The average Bonchev–Trinajstić information content (AvgIpc) is 2.87. The molecule has 3 aromatic heterocycles. The molecule has 0 aliphatic heterocycles. The van der Waals surface area contributed by atoms with Crippen LogP contribution in [0.1, 0.15) is 65.0 Å². The predicted octanol–water partition coefficient (Wildman–Crippen LogP) is 4.37. The molecule has 0 bridgehead atoms. The lowest BCUT2D eigenvalue weighted by molar-refractivity contribution is 0.0523. The first-order valence-corrected chi connectivity index (χ1v) is 12.2. The number of rotatable bonds is 7. The second kappa shape index (κ2) is 10.7. The Bertz CT molecular complexity index is 1600. The van der Waals surface area contributed by atoms with Crippen LogP contribution in [0.2, 0.25) is 0 Å². The number of unbranched alkanes of at least 4 members (excludes halogenated alkanes) is 2. The molecule has 0 aliphatic carbocycles. The van der Waals surface area contributed by atoms with Crippen molar-refractivity contribution < 1.29 is 14.3 Å².